The molecule has 1 unspecified atom stereocenters. The number of aromatic amines is 1. The summed E-state index contributed by atoms with van der Waals surface area (Å²) in [5.41, 5.74) is 2.12. The van der Waals surface area contributed by atoms with E-state index in [9.17, 15) is 9.59 Å². The Morgan fingerprint density at radius 3 is 2.90 bits per heavy atom. The van der Waals surface area contributed by atoms with Crippen molar-refractivity contribution in [2.24, 2.45) is 0 Å². The molecule has 2 N–H and O–H groups in total. The number of carbonyl (C=O) groups is 2. The van der Waals surface area contributed by atoms with E-state index in [2.05, 4.69) is 22.4 Å². The molecule has 0 saturated carbocycles. The number of hydrogen-bond acceptors (Lipinski definition) is 3. The predicted octanol–water partition coefficient (Wildman–Crippen LogP) is 3.18. The molecule has 21 heavy (non-hydrogen) atoms. The molecule has 4 nitrogen and oxygen atoms in total. The minimum absolute atomic E-state index is 0.0269. The lowest BCUT2D eigenvalue weighted by Gasteiger charge is -2.25. The second kappa shape index (κ2) is 5.77. The first-order chi connectivity index (χ1) is 10.1. The summed E-state index contributed by atoms with van der Waals surface area (Å²) >= 11 is 1.82. The van der Waals surface area contributed by atoms with Crippen molar-refractivity contribution in [1.82, 2.24) is 10.3 Å². The van der Waals surface area contributed by atoms with Crippen LogP contribution in [0.3, 0.4) is 0 Å². The third-order valence-electron chi connectivity index (χ3n) is 3.60. The lowest BCUT2D eigenvalue weighted by molar-refractivity contribution is 0.0930. The fourth-order valence-corrected chi connectivity index (χ4v) is 3.58. The topological polar surface area (TPSA) is 62.0 Å². The average molecular weight is 300 g/mol. The smallest absolute Gasteiger partial charge is 0.268 e. The largest absolute Gasteiger partial charge is 0.356 e. The summed E-state index contributed by atoms with van der Waals surface area (Å²) in [5.74, 6) is 0.768. The summed E-state index contributed by atoms with van der Waals surface area (Å²) in [5, 5.41) is 3.05. The number of nitrogens with one attached hydrogen (secondary N) is 2. The van der Waals surface area contributed by atoms with Crippen molar-refractivity contribution in [2.75, 3.05) is 5.75 Å². The number of H-pyrrole nitrogens is 1. The molecule has 2 heterocycles. The van der Waals surface area contributed by atoms with Crippen LogP contribution in [0.4, 0.5) is 0 Å². The molecular weight excluding hydrogens is 284 g/mol. The number of Topliss-reactive ketones (excluding diaryl/α,β-unsaturated/α-hetero) is 1. The minimum atomic E-state index is -0.172. The van der Waals surface area contributed by atoms with Crippen LogP contribution in [-0.4, -0.2) is 22.4 Å². The second-order valence-corrected chi connectivity index (χ2v) is 6.20. The number of carbonyl (C=O) groups excluding carboxylic acids is 2. The van der Waals surface area contributed by atoms with Crippen LogP contribution < -0.4 is 5.32 Å². The number of thioether (sulfide) groups is 1. The highest BCUT2D eigenvalue weighted by atomic mass is 32.2. The van der Waals surface area contributed by atoms with E-state index in [1.165, 1.54) is 17.4 Å². The zero-order valence-corrected chi connectivity index (χ0v) is 12.5. The molecule has 1 aromatic heterocycles. The zero-order valence-electron chi connectivity index (χ0n) is 11.7. The van der Waals surface area contributed by atoms with Crippen LogP contribution in [0.1, 0.15) is 45.8 Å². The molecule has 1 aliphatic heterocycles. The van der Waals surface area contributed by atoms with Gasteiger partial charge in [0.15, 0.2) is 5.78 Å². The summed E-state index contributed by atoms with van der Waals surface area (Å²) in [7, 11) is 0. The van der Waals surface area contributed by atoms with Gasteiger partial charge in [0.25, 0.3) is 5.91 Å². The molecule has 0 fully saturated rings. The first-order valence-corrected chi connectivity index (χ1v) is 7.85. The molecule has 3 rings (SSSR count). The van der Waals surface area contributed by atoms with Crippen molar-refractivity contribution < 1.29 is 9.59 Å². The van der Waals surface area contributed by atoms with E-state index in [1.807, 2.05) is 23.9 Å². The van der Waals surface area contributed by atoms with Gasteiger partial charge < -0.3 is 10.3 Å². The Morgan fingerprint density at radius 2 is 2.14 bits per heavy atom. The Morgan fingerprint density at radius 1 is 1.33 bits per heavy atom. The van der Waals surface area contributed by atoms with Crippen LogP contribution in [0, 0.1) is 0 Å². The van der Waals surface area contributed by atoms with E-state index in [0.29, 0.717) is 11.3 Å². The summed E-state index contributed by atoms with van der Waals surface area (Å²) in [6, 6.07) is 9.77. The Hall–Kier alpha value is -2.01. The zero-order chi connectivity index (χ0) is 14.8. The van der Waals surface area contributed by atoms with Gasteiger partial charge in [-0.25, -0.2) is 0 Å². The lowest BCUT2D eigenvalue weighted by Crippen LogP contribution is -2.30. The number of hydrogen-bond donors (Lipinski definition) is 2. The fraction of sp³-hybridized carbons (Fsp3) is 0.250. The van der Waals surface area contributed by atoms with E-state index in [1.54, 1.807) is 12.3 Å². The van der Waals surface area contributed by atoms with Gasteiger partial charge in [0.05, 0.1) is 6.04 Å². The number of benzene rings is 1. The number of ketones is 1. The standard InChI is InChI=1S/C16H16N2O2S/c1-10(19)11-8-14(17-9-11)16(20)18-13-6-7-21-15-5-3-2-4-12(13)15/h2-5,8-9,13,17H,6-7H2,1H3,(H,18,20). The van der Waals surface area contributed by atoms with E-state index < -0.39 is 0 Å². The summed E-state index contributed by atoms with van der Waals surface area (Å²) in [4.78, 5) is 27.7. The van der Waals surface area contributed by atoms with Gasteiger partial charge in [-0.15, -0.1) is 11.8 Å². The van der Waals surface area contributed by atoms with Crippen molar-refractivity contribution in [2.45, 2.75) is 24.3 Å². The third-order valence-corrected chi connectivity index (χ3v) is 4.72. The first-order valence-electron chi connectivity index (χ1n) is 6.87. The lowest BCUT2D eigenvalue weighted by atomic mass is 10.0. The molecular formula is C16H16N2O2S. The van der Waals surface area contributed by atoms with Crippen LogP contribution in [0.15, 0.2) is 41.4 Å². The maximum absolute atomic E-state index is 12.3. The van der Waals surface area contributed by atoms with Crippen LogP contribution in [0.5, 0.6) is 0 Å². The Kier molecular flexibility index (Phi) is 3.84. The predicted molar refractivity (Wildman–Crippen MR) is 82.8 cm³/mol. The summed E-state index contributed by atoms with van der Waals surface area (Å²) in [6.45, 7) is 1.49. The fourth-order valence-electron chi connectivity index (χ4n) is 2.46. The van der Waals surface area contributed by atoms with E-state index in [0.717, 1.165) is 12.2 Å². The molecule has 108 valence electrons. The highest BCUT2D eigenvalue weighted by Gasteiger charge is 2.23. The summed E-state index contributed by atoms with van der Waals surface area (Å²) in [6.07, 6.45) is 2.48. The van der Waals surface area contributed by atoms with Crippen molar-refractivity contribution in [3.63, 3.8) is 0 Å². The first kappa shape index (κ1) is 13.9. The number of fused-ring (bicyclic) bond motifs is 1. The van der Waals surface area contributed by atoms with Gasteiger partial charge in [0.2, 0.25) is 0 Å². The van der Waals surface area contributed by atoms with Crippen molar-refractivity contribution in [3.8, 4) is 0 Å². The molecule has 2 aromatic rings. The Bertz CT molecular complexity index is 693. The quantitative estimate of drug-likeness (QED) is 0.856. The number of amides is 1. The molecule has 0 bridgehead atoms. The van der Waals surface area contributed by atoms with E-state index in [-0.39, 0.29) is 17.7 Å². The molecule has 0 radical (unpaired) electrons. The van der Waals surface area contributed by atoms with Crippen LogP contribution in [0.25, 0.3) is 0 Å². The van der Waals surface area contributed by atoms with Gasteiger partial charge in [0.1, 0.15) is 5.69 Å². The van der Waals surface area contributed by atoms with Crippen molar-refractivity contribution in [3.05, 3.63) is 53.3 Å². The highest BCUT2D eigenvalue weighted by Crippen LogP contribution is 2.35. The molecule has 1 aliphatic rings. The number of aromatic nitrogens is 1. The molecule has 1 atom stereocenters. The van der Waals surface area contributed by atoms with Gasteiger partial charge in [0, 0.05) is 22.4 Å². The van der Waals surface area contributed by atoms with Gasteiger partial charge in [-0.1, -0.05) is 18.2 Å². The monoisotopic (exact) mass is 300 g/mol. The second-order valence-electron chi connectivity index (χ2n) is 5.06. The Balaban J connectivity index is 1.77. The highest BCUT2D eigenvalue weighted by molar-refractivity contribution is 7.99. The van der Waals surface area contributed by atoms with Crippen LogP contribution >= 0.6 is 11.8 Å². The van der Waals surface area contributed by atoms with Gasteiger partial charge in [-0.05, 0) is 31.0 Å². The average Bonchev–Trinajstić information content (AvgIpc) is 2.98. The third kappa shape index (κ3) is 2.88. The molecule has 1 amide bonds. The van der Waals surface area contributed by atoms with E-state index >= 15 is 0 Å². The maximum Gasteiger partial charge on any atom is 0.268 e. The van der Waals surface area contributed by atoms with E-state index in [4.69, 9.17) is 0 Å². The molecule has 0 aliphatic carbocycles. The SMILES string of the molecule is CC(=O)c1c[nH]c(C(=O)NC2CCSc3ccccc32)c1. The summed E-state index contributed by atoms with van der Waals surface area (Å²) < 4.78 is 0. The normalized spacial score (nSPS) is 17.1. The number of rotatable bonds is 3. The van der Waals surface area contributed by atoms with Gasteiger partial charge >= 0.3 is 0 Å². The molecule has 0 saturated heterocycles. The molecule has 0 spiro atoms. The molecule has 5 heteroatoms. The maximum atomic E-state index is 12.3. The van der Waals surface area contributed by atoms with Crippen LogP contribution in [-0.2, 0) is 0 Å². The molecule has 1 aromatic carbocycles. The van der Waals surface area contributed by atoms with Crippen molar-refractivity contribution >= 4 is 23.5 Å². The van der Waals surface area contributed by atoms with Crippen molar-refractivity contribution in [1.29, 1.82) is 0 Å². The van der Waals surface area contributed by atoms with Gasteiger partial charge in [-0.2, -0.15) is 0 Å². The van der Waals surface area contributed by atoms with Gasteiger partial charge in [-0.3, -0.25) is 9.59 Å². The Labute approximate surface area is 127 Å². The minimum Gasteiger partial charge on any atom is -0.356 e. The van der Waals surface area contributed by atoms with Crippen LogP contribution in [0.2, 0.25) is 0 Å².